The summed E-state index contributed by atoms with van der Waals surface area (Å²) < 4.78 is 5.43. The Hall–Kier alpha value is -0.460. The molecule has 0 aromatic rings. The van der Waals surface area contributed by atoms with Crippen molar-refractivity contribution in [3.8, 4) is 0 Å². The van der Waals surface area contributed by atoms with Gasteiger partial charge in [0, 0.05) is 57.8 Å². The van der Waals surface area contributed by atoms with Gasteiger partial charge in [-0.05, 0) is 26.3 Å². The monoisotopic (exact) mass is 350 g/mol. The van der Waals surface area contributed by atoms with Crippen LogP contribution in [-0.2, 0) is 4.74 Å². The molecule has 0 bridgehead atoms. The van der Waals surface area contributed by atoms with Gasteiger partial charge in [-0.3, -0.25) is 9.80 Å². The number of ether oxygens (including phenoxy) is 1. The number of hydrogen-bond acceptors (Lipinski definition) is 5. The Morgan fingerprint density at radius 1 is 1.12 bits per heavy atom. The van der Waals surface area contributed by atoms with Gasteiger partial charge in [0.2, 0.25) is 0 Å². The van der Waals surface area contributed by atoms with E-state index in [4.69, 9.17) is 4.74 Å². The molecule has 1 N–H and O–H groups in total. The molecule has 0 aliphatic carbocycles. The summed E-state index contributed by atoms with van der Waals surface area (Å²) >= 11 is 0. The SMILES string of the molecule is CCC(C)/C(C)=C\C(NC)N1CC2(CN(CCN3CCOCC3)C2)C1. The van der Waals surface area contributed by atoms with Gasteiger partial charge < -0.3 is 15.0 Å². The second-order valence-corrected chi connectivity index (χ2v) is 8.52. The largest absolute Gasteiger partial charge is 0.379 e. The van der Waals surface area contributed by atoms with Gasteiger partial charge in [-0.1, -0.05) is 25.5 Å². The van der Waals surface area contributed by atoms with Gasteiger partial charge in [0.15, 0.2) is 0 Å². The molecule has 0 amide bonds. The fourth-order valence-electron chi connectivity index (χ4n) is 4.49. The highest BCUT2D eigenvalue weighted by molar-refractivity contribution is 5.12. The van der Waals surface area contributed by atoms with E-state index in [2.05, 4.69) is 53.9 Å². The molecular formula is C20H38N4O. The number of likely N-dealkylation sites (N-methyl/N-ethyl adjacent to an activating group) is 1. The van der Waals surface area contributed by atoms with Gasteiger partial charge in [-0.25, -0.2) is 0 Å². The van der Waals surface area contributed by atoms with Crippen LogP contribution in [0.2, 0.25) is 0 Å². The predicted octanol–water partition coefficient (Wildman–Crippen LogP) is 1.47. The smallest absolute Gasteiger partial charge is 0.0790 e. The molecule has 1 spiro atoms. The van der Waals surface area contributed by atoms with Crippen LogP contribution in [0.25, 0.3) is 0 Å². The first-order chi connectivity index (χ1) is 12.0. The van der Waals surface area contributed by atoms with E-state index in [1.807, 2.05) is 0 Å². The first-order valence-corrected chi connectivity index (χ1v) is 10.2. The van der Waals surface area contributed by atoms with Crippen LogP contribution in [0.4, 0.5) is 0 Å². The van der Waals surface area contributed by atoms with Gasteiger partial charge >= 0.3 is 0 Å². The summed E-state index contributed by atoms with van der Waals surface area (Å²) in [4.78, 5) is 7.79. The average Bonchev–Trinajstić information content (AvgIpc) is 2.57. The molecule has 3 aliphatic rings. The van der Waals surface area contributed by atoms with Crippen molar-refractivity contribution in [1.82, 2.24) is 20.0 Å². The lowest BCUT2D eigenvalue weighted by Crippen LogP contribution is -2.74. The summed E-state index contributed by atoms with van der Waals surface area (Å²) in [5.41, 5.74) is 2.10. The molecule has 3 fully saturated rings. The number of likely N-dealkylation sites (tertiary alicyclic amines) is 2. The lowest BCUT2D eigenvalue weighted by molar-refractivity contribution is -0.128. The van der Waals surface area contributed by atoms with Crippen molar-refractivity contribution < 1.29 is 4.74 Å². The van der Waals surface area contributed by atoms with Crippen molar-refractivity contribution in [1.29, 1.82) is 0 Å². The zero-order valence-corrected chi connectivity index (χ0v) is 16.8. The van der Waals surface area contributed by atoms with Crippen LogP contribution in [0.3, 0.4) is 0 Å². The summed E-state index contributed by atoms with van der Waals surface area (Å²) in [7, 11) is 2.09. The molecule has 3 rings (SSSR count). The molecule has 5 nitrogen and oxygen atoms in total. The summed E-state index contributed by atoms with van der Waals surface area (Å²) in [6.07, 6.45) is 4.07. The minimum Gasteiger partial charge on any atom is -0.379 e. The third-order valence-electron chi connectivity index (χ3n) is 6.53. The Bertz CT molecular complexity index is 447. The maximum absolute atomic E-state index is 5.43. The third-order valence-corrected chi connectivity index (χ3v) is 6.53. The van der Waals surface area contributed by atoms with E-state index in [1.54, 1.807) is 0 Å². The van der Waals surface area contributed by atoms with E-state index in [0.717, 1.165) is 26.3 Å². The maximum Gasteiger partial charge on any atom is 0.0790 e. The van der Waals surface area contributed by atoms with Gasteiger partial charge in [0.25, 0.3) is 0 Å². The zero-order chi connectivity index (χ0) is 17.9. The van der Waals surface area contributed by atoms with Crippen LogP contribution >= 0.6 is 0 Å². The number of rotatable bonds is 8. The second kappa shape index (κ2) is 8.49. The van der Waals surface area contributed by atoms with E-state index >= 15 is 0 Å². The average molecular weight is 351 g/mol. The lowest BCUT2D eigenvalue weighted by Gasteiger charge is -2.62. The summed E-state index contributed by atoms with van der Waals surface area (Å²) in [6, 6.07) is 0. The van der Waals surface area contributed by atoms with E-state index in [-0.39, 0.29) is 0 Å². The normalized spacial score (nSPS) is 27.8. The quantitative estimate of drug-likeness (QED) is 0.670. The van der Waals surface area contributed by atoms with Crippen LogP contribution in [0, 0.1) is 11.3 Å². The summed E-state index contributed by atoms with van der Waals surface area (Å²) in [5.74, 6) is 0.686. The van der Waals surface area contributed by atoms with E-state index in [9.17, 15) is 0 Å². The Morgan fingerprint density at radius 3 is 2.36 bits per heavy atom. The number of allylic oxidation sites excluding steroid dienone is 1. The van der Waals surface area contributed by atoms with Gasteiger partial charge in [0.05, 0.1) is 19.4 Å². The fourth-order valence-corrected chi connectivity index (χ4v) is 4.49. The number of hydrogen-bond donors (Lipinski definition) is 1. The zero-order valence-electron chi connectivity index (χ0n) is 16.8. The first kappa shape index (κ1) is 19.3. The lowest BCUT2D eigenvalue weighted by atomic mass is 9.72. The van der Waals surface area contributed by atoms with Crippen molar-refractivity contribution in [2.24, 2.45) is 11.3 Å². The molecule has 2 atom stereocenters. The van der Waals surface area contributed by atoms with E-state index < -0.39 is 0 Å². The molecule has 144 valence electrons. The third kappa shape index (κ3) is 4.64. The molecule has 5 heteroatoms. The Labute approximate surface area is 154 Å². The fraction of sp³-hybridized carbons (Fsp3) is 0.900. The van der Waals surface area contributed by atoms with Crippen molar-refractivity contribution >= 4 is 0 Å². The second-order valence-electron chi connectivity index (χ2n) is 8.52. The van der Waals surface area contributed by atoms with E-state index in [1.165, 1.54) is 51.3 Å². The van der Waals surface area contributed by atoms with Gasteiger partial charge in [0.1, 0.15) is 0 Å². The summed E-state index contributed by atoms with van der Waals surface area (Å²) in [5, 5.41) is 3.50. The van der Waals surface area contributed by atoms with Crippen molar-refractivity contribution in [2.45, 2.75) is 33.4 Å². The van der Waals surface area contributed by atoms with Gasteiger partial charge in [-0.15, -0.1) is 0 Å². The number of nitrogens with zero attached hydrogens (tertiary/aromatic N) is 3. The Morgan fingerprint density at radius 2 is 1.76 bits per heavy atom. The Balaban J connectivity index is 1.37. The van der Waals surface area contributed by atoms with Crippen molar-refractivity contribution in [3.63, 3.8) is 0 Å². The molecule has 0 aromatic heterocycles. The molecule has 2 unspecified atom stereocenters. The predicted molar refractivity (Wildman–Crippen MR) is 104 cm³/mol. The Kier molecular flexibility index (Phi) is 6.55. The molecule has 3 aliphatic heterocycles. The summed E-state index contributed by atoms with van der Waals surface area (Å²) in [6.45, 7) is 18.4. The minimum atomic E-state index is 0.405. The highest BCUT2D eigenvalue weighted by Crippen LogP contribution is 2.40. The molecule has 0 aromatic carbocycles. The van der Waals surface area contributed by atoms with Crippen LogP contribution in [0.1, 0.15) is 27.2 Å². The topological polar surface area (TPSA) is 31.0 Å². The highest BCUT2D eigenvalue weighted by atomic mass is 16.5. The van der Waals surface area contributed by atoms with E-state index in [0.29, 0.717) is 17.5 Å². The molecule has 3 saturated heterocycles. The highest BCUT2D eigenvalue weighted by Gasteiger charge is 2.52. The molecule has 25 heavy (non-hydrogen) atoms. The standard InChI is InChI=1S/C20H38N4O/c1-5-17(2)18(3)12-19(21-4)24-15-20(16-24)13-23(14-20)7-6-22-8-10-25-11-9-22/h12,17,19,21H,5-11,13-16H2,1-4H3/b18-12-. The maximum atomic E-state index is 5.43. The minimum absolute atomic E-state index is 0.405. The molecule has 0 saturated carbocycles. The van der Waals surface area contributed by atoms with Crippen LogP contribution < -0.4 is 5.32 Å². The number of nitrogens with one attached hydrogen (secondary N) is 1. The van der Waals surface area contributed by atoms with Gasteiger partial charge in [-0.2, -0.15) is 0 Å². The molecule has 3 heterocycles. The number of morpholine rings is 1. The first-order valence-electron chi connectivity index (χ1n) is 10.2. The van der Waals surface area contributed by atoms with Crippen molar-refractivity contribution in [2.75, 3.05) is 72.6 Å². The molecule has 0 radical (unpaired) electrons. The van der Waals surface area contributed by atoms with Crippen LogP contribution in [0.5, 0.6) is 0 Å². The van der Waals surface area contributed by atoms with Crippen LogP contribution in [-0.4, -0.2) is 93.5 Å². The molecular weight excluding hydrogens is 312 g/mol. The van der Waals surface area contributed by atoms with Crippen LogP contribution in [0.15, 0.2) is 11.6 Å². The van der Waals surface area contributed by atoms with Crippen molar-refractivity contribution in [3.05, 3.63) is 11.6 Å².